The number of hydrogen-bond acceptors (Lipinski definition) is 8. The van der Waals surface area contributed by atoms with Gasteiger partial charge in [0.15, 0.2) is 5.82 Å². The molecule has 0 unspecified atom stereocenters. The molecule has 0 spiro atoms. The van der Waals surface area contributed by atoms with Gasteiger partial charge in [-0.05, 0) is 72.8 Å². The van der Waals surface area contributed by atoms with Crippen molar-refractivity contribution in [1.29, 1.82) is 0 Å². The van der Waals surface area contributed by atoms with E-state index in [-0.39, 0.29) is 6.61 Å². The van der Waals surface area contributed by atoms with Crippen LogP contribution >= 0.6 is 11.6 Å². The second-order valence-electron chi connectivity index (χ2n) is 9.13. The molecule has 1 aromatic carbocycles. The number of benzene rings is 1. The zero-order valence-corrected chi connectivity index (χ0v) is 24.5. The van der Waals surface area contributed by atoms with Crippen molar-refractivity contribution in [3.8, 4) is 28.4 Å². The molecule has 1 fully saturated rings. The molecule has 3 N–H and O–H groups in total. The second kappa shape index (κ2) is 17.0. The van der Waals surface area contributed by atoms with Crippen LogP contribution in [0.3, 0.4) is 0 Å². The molecule has 4 rings (SSSR count). The number of rotatable bonds is 9. The summed E-state index contributed by atoms with van der Waals surface area (Å²) < 4.78 is 11.2. The standard InChI is InChI=1S/C22H28ClN5O2.C5H10.C2H6O/c1-6-25-21-13(2)20(19-14(3)28-30-15(19)4)26-22(27-21)17-12-16(8-9-18(17)23)29-11-7-10-24-5;1-2-4-5-3-1;1-2-3/h8-9,12,24H,6-7,10-11H2,1-5H3,(H,25,26,27);1-5H2;3H,2H2,1H3. The lowest BCUT2D eigenvalue weighted by atomic mass is 10.0. The number of nitrogens with zero attached hydrogens (tertiary/aromatic N) is 3. The van der Waals surface area contributed by atoms with E-state index in [9.17, 15) is 0 Å². The Morgan fingerprint density at radius 3 is 2.26 bits per heavy atom. The van der Waals surface area contributed by atoms with Gasteiger partial charge in [-0.25, -0.2) is 9.97 Å². The maximum Gasteiger partial charge on any atom is 0.163 e. The number of hydrogen-bond donors (Lipinski definition) is 3. The van der Waals surface area contributed by atoms with Gasteiger partial charge in [0.1, 0.15) is 17.3 Å². The fourth-order valence-electron chi connectivity index (χ4n) is 4.13. The zero-order valence-electron chi connectivity index (χ0n) is 23.8. The number of anilines is 1. The lowest BCUT2D eigenvalue weighted by molar-refractivity contribution is 0.310. The molecule has 0 amide bonds. The maximum atomic E-state index is 7.57. The molecule has 9 heteroatoms. The molecule has 0 bridgehead atoms. The highest BCUT2D eigenvalue weighted by molar-refractivity contribution is 6.33. The van der Waals surface area contributed by atoms with E-state index in [4.69, 9.17) is 35.9 Å². The van der Waals surface area contributed by atoms with E-state index < -0.39 is 0 Å². The fourth-order valence-corrected chi connectivity index (χ4v) is 4.33. The average Bonchev–Trinajstić information content (AvgIpc) is 3.59. The van der Waals surface area contributed by atoms with E-state index in [1.807, 2.05) is 52.9 Å². The summed E-state index contributed by atoms with van der Waals surface area (Å²) in [7, 11) is 1.92. The highest BCUT2D eigenvalue weighted by Crippen LogP contribution is 2.36. The molecule has 0 aliphatic heterocycles. The van der Waals surface area contributed by atoms with Crippen LogP contribution in [-0.4, -0.2) is 53.6 Å². The molecule has 2 aromatic heterocycles. The highest BCUT2D eigenvalue weighted by Gasteiger charge is 2.21. The molecule has 0 saturated heterocycles. The van der Waals surface area contributed by atoms with Crippen LogP contribution in [0, 0.1) is 20.8 Å². The van der Waals surface area contributed by atoms with Gasteiger partial charge in [-0.1, -0.05) is 48.9 Å². The van der Waals surface area contributed by atoms with Gasteiger partial charge in [0.05, 0.1) is 28.6 Å². The van der Waals surface area contributed by atoms with E-state index >= 15 is 0 Å². The Kier molecular flexibility index (Phi) is 14.1. The molecule has 3 aromatic rings. The Bertz CT molecular complexity index is 1090. The van der Waals surface area contributed by atoms with Crippen LogP contribution in [0.25, 0.3) is 22.6 Å². The van der Waals surface area contributed by atoms with E-state index in [0.717, 1.165) is 64.9 Å². The summed E-state index contributed by atoms with van der Waals surface area (Å²) in [6, 6.07) is 5.56. The van der Waals surface area contributed by atoms with Crippen molar-refractivity contribution in [3.05, 3.63) is 40.2 Å². The third-order valence-electron chi connectivity index (χ3n) is 6.03. The summed E-state index contributed by atoms with van der Waals surface area (Å²) in [5.41, 5.74) is 4.10. The normalized spacial score (nSPS) is 12.3. The lowest BCUT2D eigenvalue weighted by Crippen LogP contribution is -2.11. The Balaban J connectivity index is 0.000000547. The molecule has 8 nitrogen and oxygen atoms in total. The predicted molar refractivity (Wildman–Crippen MR) is 156 cm³/mol. The van der Waals surface area contributed by atoms with Crippen molar-refractivity contribution in [2.75, 3.05) is 38.7 Å². The number of aliphatic hydroxyl groups excluding tert-OH is 1. The molecule has 210 valence electrons. The first-order valence-electron chi connectivity index (χ1n) is 13.6. The van der Waals surface area contributed by atoms with Crippen LogP contribution in [-0.2, 0) is 0 Å². The van der Waals surface area contributed by atoms with Crippen molar-refractivity contribution in [3.63, 3.8) is 0 Å². The Morgan fingerprint density at radius 2 is 1.71 bits per heavy atom. The van der Waals surface area contributed by atoms with Crippen LogP contribution in [0.1, 0.15) is 69.4 Å². The lowest BCUT2D eigenvalue weighted by Gasteiger charge is -2.15. The SMILES string of the molecule is C1CCCC1.CCNc1nc(-c2cc(OCCCNC)ccc2Cl)nc(-c2c(C)noc2C)c1C.CCO. The van der Waals surface area contributed by atoms with Gasteiger partial charge >= 0.3 is 0 Å². The minimum Gasteiger partial charge on any atom is -0.494 e. The Labute approximate surface area is 232 Å². The fraction of sp³-hybridized carbons (Fsp3) is 0.552. The number of halogens is 1. The average molecular weight is 546 g/mol. The largest absolute Gasteiger partial charge is 0.494 e. The Hall–Kier alpha value is -2.68. The van der Waals surface area contributed by atoms with E-state index in [2.05, 4.69) is 15.8 Å². The predicted octanol–water partition coefficient (Wildman–Crippen LogP) is 6.75. The summed E-state index contributed by atoms with van der Waals surface area (Å²) in [5, 5.41) is 18.7. The first-order chi connectivity index (χ1) is 18.4. The topological polar surface area (TPSA) is 105 Å². The molecular weight excluding hydrogens is 502 g/mol. The first kappa shape index (κ1) is 31.5. The molecule has 2 heterocycles. The number of aliphatic hydroxyl groups is 1. The van der Waals surface area contributed by atoms with Crippen molar-refractivity contribution < 1.29 is 14.4 Å². The molecule has 38 heavy (non-hydrogen) atoms. The smallest absolute Gasteiger partial charge is 0.163 e. The minimum atomic E-state index is 0.250. The van der Waals surface area contributed by atoms with Gasteiger partial charge < -0.3 is 25.0 Å². The molecule has 1 aliphatic rings. The van der Waals surface area contributed by atoms with Gasteiger partial charge in [-0.3, -0.25) is 0 Å². The van der Waals surface area contributed by atoms with Crippen LogP contribution in [0.5, 0.6) is 5.75 Å². The Morgan fingerprint density at radius 1 is 1.05 bits per heavy atom. The maximum absolute atomic E-state index is 7.57. The van der Waals surface area contributed by atoms with Crippen LogP contribution in [0.4, 0.5) is 5.82 Å². The quantitative estimate of drug-likeness (QED) is 0.254. The molecule has 1 aliphatic carbocycles. The summed E-state index contributed by atoms with van der Waals surface area (Å²) in [6.07, 6.45) is 8.41. The summed E-state index contributed by atoms with van der Waals surface area (Å²) in [6.45, 7) is 12.0. The van der Waals surface area contributed by atoms with Crippen molar-refractivity contribution in [2.45, 2.75) is 73.1 Å². The minimum absolute atomic E-state index is 0.250. The van der Waals surface area contributed by atoms with Crippen LogP contribution in [0.15, 0.2) is 22.7 Å². The van der Waals surface area contributed by atoms with Crippen LogP contribution in [0.2, 0.25) is 5.02 Å². The summed E-state index contributed by atoms with van der Waals surface area (Å²) >= 11 is 6.53. The van der Waals surface area contributed by atoms with Crippen molar-refractivity contribution in [1.82, 2.24) is 20.4 Å². The highest BCUT2D eigenvalue weighted by atomic mass is 35.5. The van der Waals surface area contributed by atoms with E-state index in [1.165, 1.54) is 32.1 Å². The van der Waals surface area contributed by atoms with Gasteiger partial charge in [0.25, 0.3) is 0 Å². The molecule has 0 radical (unpaired) electrons. The van der Waals surface area contributed by atoms with Crippen LogP contribution < -0.4 is 15.4 Å². The second-order valence-corrected chi connectivity index (χ2v) is 9.54. The van der Waals surface area contributed by atoms with Gasteiger partial charge in [-0.2, -0.15) is 0 Å². The molecule has 1 saturated carbocycles. The van der Waals surface area contributed by atoms with Gasteiger partial charge in [-0.15, -0.1) is 0 Å². The zero-order chi connectivity index (χ0) is 27.9. The third kappa shape index (κ3) is 9.26. The number of ether oxygens (including phenoxy) is 1. The summed E-state index contributed by atoms with van der Waals surface area (Å²) in [4.78, 5) is 9.61. The number of aryl methyl sites for hydroxylation is 2. The molecule has 0 atom stereocenters. The third-order valence-corrected chi connectivity index (χ3v) is 6.36. The van der Waals surface area contributed by atoms with Gasteiger partial charge in [0, 0.05) is 24.3 Å². The molecular formula is C29H44ClN5O3. The summed E-state index contributed by atoms with van der Waals surface area (Å²) in [5.74, 6) is 2.74. The van der Waals surface area contributed by atoms with Crippen molar-refractivity contribution in [2.24, 2.45) is 0 Å². The van der Waals surface area contributed by atoms with E-state index in [1.54, 1.807) is 6.92 Å². The van der Waals surface area contributed by atoms with Gasteiger partial charge in [0.2, 0.25) is 0 Å². The van der Waals surface area contributed by atoms with Crippen molar-refractivity contribution >= 4 is 17.4 Å². The number of aromatic nitrogens is 3. The first-order valence-corrected chi connectivity index (χ1v) is 14.0. The monoisotopic (exact) mass is 545 g/mol. The van der Waals surface area contributed by atoms with E-state index in [0.29, 0.717) is 17.5 Å². The number of nitrogens with one attached hydrogen (secondary N) is 2.